The number of aromatic amines is 1. The highest BCUT2D eigenvalue weighted by atomic mass is 16.4. The van der Waals surface area contributed by atoms with Crippen LogP contribution in [0.5, 0.6) is 5.75 Å². The van der Waals surface area contributed by atoms with Gasteiger partial charge in [0.15, 0.2) is 0 Å². The molecule has 1 rings (SSSR count). The van der Waals surface area contributed by atoms with E-state index in [2.05, 4.69) is 4.98 Å². The lowest BCUT2D eigenvalue weighted by molar-refractivity contribution is -0.269. The number of hydrogen-bond acceptors (Lipinski definition) is 4. The minimum Gasteiger partial charge on any atom is -0.871 e. The van der Waals surface area contributed by atoms with Crippen molar-refractivity contribution in [1.29, 1.82) is 0 Å². The van der Waals surface area contributed by atoms with Gasteiger partial charge in [-0.1, -0.05) is 11.8 Å². The van der Waals surface area contributed by atoms with Crippen molar-refractivity contribution in [3.8, 4) is 5.75 Å². The van der Waals surface area contributed by atoms with Crippen molar-refractivity contribution >= 4 is 17.8 Å². The number of hydrogen-bond donors (Lipinski definition) is 2. The monoisotopic (exact) mass is 222 g/mol. The molecule has 1 heterocycles. The lowest BCUT2D eigenvalue weighted by atomic mass is 10.2. The zero-order valence-corrected chi connectivity index (χ0v) is 8.31. The molecular formula is C10H8NO5-. The maximum absolute atomic E-state index is 11.3. The molecule has 0 saturated carbocycles. The number of carbonyl (C=O) groups excluding carboxylic acids is 1. The summed E-state index contributed by atoms with van der Waals surface area (Å²) < 4.78 is 0. The number of pyridine rings is 1. The van der Waals surface area contributed by atoms with Crippen LogP contribution in [0.4, 0.5) is 0 Å². The molecule has 0 unspecified atom stereocenters. The summed E-state index contributed by atoms with van der Waals surface area (Å²) in [6.45, 7) is 1.47. The summed E-state index contributed by atoms with van der Waals surface area (Å²) in [4.78, 5) is 34.3. The molecule has 0 atom stereocenters. The van der Waals surface area contributed by atoms with E-state index in [1.54, 1.807) is 0 Å². The average Bonchev–Trinajstić information content (AvgIpc) is 2.20. The summed E-state index contributed by atoms with van der Waals surface area (Å²) in [5.41, 5.74) is -0.320. The molecule has 6 nitrogen and oxygen atoms in total. The Labute approximate surface area is 89.9 Å². The summed E-state index contributed by atoms with van der Waals surface area (Å²) in [5, 5.41) is 19.6. The smallest absolute Gasteiger partial charge is 0.376 e. The summed E-state index contributed by atoms with van der Waals surface area (Å²) in [7, 11) is 0. The molecule has 16 heavy (non-hydrogen) atoms. The predicted molar refractivity (Wildman–Crippen MR) is 52.9 cm³/mol. The number of carboxylic acids is 1. The molecule has 2 N–H and O–H groups in total. The standard InChI is InChI=1S/C10H9NO5/c1-5-4-8(13)6(11-9(5)14)2-3-7(12)10(15)16/h2-4,13H,1H3,(H,11,14)(H,15,16)/p-1/b3-2+. The molecule has 0 bridgehead atoms. The number of nitrogens with one attached hydrogen (secondary N) is 1. The minimum atomic E-state index is -1.63. The molecule has 1 aromatic rings. The van der Waals surface area contributed by atoms with Crippen molar-refractivity contribution in [1.82, 2.24) is 4.98 Å². The van der Waals surface area contributed by atoms with Gasteiger partial charge in [0.25, 0.3) is 11.3 Å². The second-order valence-electron chi connectivity index (χ2n) is 3.06. The van der Waals surface area contributed by atoms with Crippen molar-refractivity contribution in [2.75, 3.05) is 0 Å². The number of carbonyl (C=O) groups is 2. The first-order valence-corrected chi connectivity index (χ1v) is 4.28. The van der Waals surface area contributed by atoms with Gasteiger partial charge in [0.05, 0.1) is 0 Å². The SMILES string of the molecule is Cc1cc([O-])c(/C=C/C(=O)C(=O)O)[nH]c1=O. The van der Waals surface area contributed by atoms with Crippen LogP contribution in [0.3, 0.4) is 0 Å². The van der Waals surface area contributed by atoms with Gasteiger partial charge < -0.3 is 15.2 Å². The van der Waals surface area contributed by atoms with Crippen LogP contribution >= 0.6 is 0 Å². The number of aromatic nitrogens is 1. The molecule has 0 aliphatic heterocycles. The highest BCUT2D eigenvalue weighted by Crippen LogP contribution is 2.10. The largest absolute Gasteiger partial charge is 0.871 e. The Hall–Kier alpha value is -2.37. The van der Waals surface area contributed by atoms with Crippen molar-refractivity contribution in [3.63, 3.8) is 0 Å². The quantitative estimate of drug-likeness (QED) is 0.525. The van der Waals surface area contributed by atoms with Crippen LogP contribution in [-0.2, 0) is 9.59 Å². The molecule has 0 aliphatic rings. The Kier molecular flexibility index (Phi) is 3.24. The van der Waals surface area contributed by atoms with Crippen LogP contribution < -0.4 is 10.7 Å². The molecular weight excluding hydrogens is 214 g/mol. The number of carboxylic acid groups (broad SMARTS) is 1. The lowest BCUT2D eigenvalue weighted by Crippen LogP contribution is -2.13. The summed E-state index contributed by atoms with van der Waals surface area (Å²) in [6, 6.07) is 1.11. The Morgan fingerprint density at radius 3 is 2.69 bits per heavy atom. The molecule has 0 fully saturated rings. The highest BCUT2D eigenvalue weighted by Gasteiger charge is 2.05. The third-order valence-electron chi connectivity index (χ3n) is 1.83. The van der Waals surface area contributed by atoms with Crippen LogP contribution in [0, 0.1) is 6.92 Å². The fraction of sp³-hybridized carbons (Fsp3) is 0.100. The van der Waals surface area contributed by atoms with Gasteiger partial charge >= 0.3 is 5.97 Å². The third kappa shape index (κ3) is 2.57. The fourth-order valence-electron chi connectivity index (χ4n) is 0.977. The van der Waals surface area contributed by atoms with Crippen LogP contribution in [0.15, 0.2) is 16.9 Å². The highest BCUT2D eigenvalue weighted by molar-refractivity contribution is 6.38. The van der Waals surface area contributed by atoms with Crippen LogP contribution in [0.25, 0.3) is 6.08 Å². The number of aryl methyl sites for hydroxylation is 1. The minimum absolute atomic E-state index is 0.120. The van der Waals surface area contributed by atoms with Crippen molar-refractivity contribution < 1.29 is 19.8 Å². The number of rotatable bonds is 3. The second-order valence-corrected chi connectivity index (χ2v) is 3.06. The molecule has 84 valence electrons. The van der Waals surface area contributed by atoms with E-state index in [0.717, 1.165) is 12.1 Å². The molecule has 0 saturated heterocycles. The van der Waals surface area contributed by atoms with Gasteiger partial charge in [0, 0.05) is 11.3 Å². The van der Waals surface area contributed by atoms with Gasteiger partial charge in [-0.3, -0.25) is 9.59 Å². The van der Waals surface area contributed by atoms with Crippen LogP contribution in [-0.4, -0.2) is 21.8 Å². The van der Waals surface area contributed by atoms with E-state index in [0.29, 0.717) is 6.08 Å². The number of H-pyrrole nitrogens is 1. The van der Waals surface area contributed by atoms with E-state index in [1.807, 2.05) is 0 Å². The first-order valence-electron chi connectivity index (χ1n) is 4.28. The third-order valence-corrected chi connectivity index (χ3v) is 1.83. The van der Waals surface area contributed by atoms with E-state index in [4.69, 9.17) is 5.11 Å². The topological polar surface area (TPSA) is 110 Å². The summed E-state index contributed by atoms with van der Waals surface area (Å²) in [5.74, 6) is -3.27. The molecule has 6 heteroatoms. The van der Waals surface area contributed by atoms with Gasteiger partial charge in [-0.2, -0.15) is 0 Å². The Bertz CT molecular complexity index is 527. The Morgan fingerprint density at radius 1 is 1.50 bits per heavy atom. The molecule has 0 aliphatic carbocycles. The Balaban J connectivity index is 3.07. The number of aliphatic carboxylic acids is 1. The normalized spacial score (nSPS) is 10.6. The maximum Gasteiger partial charge on any atom is 0.376 e. The maximum atomic E-state index is 11.3. The van der Waals surface area contributed by atoms with Gasteiger partial charge in [0.2, 0.25) is 0 Å². The van der Waals surface area contributed by atoms with E-state index < -0.39 is 23.1 Å². The molecule has 0 amide bonds. The average molecular weight is 222 g/mol. The Morgan fingerprint density at radius 2 is 2.12 bits per heavy atom. The first-order chi connectivity index (χ1) is 7.41. The van der Waals surface area contributed by atoms with Crippen molar-refractivity contribution in [3.05, 3.63) is 33.8 Å². The van der Waals surface area contributed by atoms with Crippen molar-refractivity contribution in [2.45, 2.75) is 6.92 Å². The van der Waals surface area contributed by atoms with Gasteiger partial charge in [0.1, 0.15) is 0 Å². The van der Waals surface area contributed by atoms with Gasteiger partial charge in [-0.15, -0.1) is 0 Å². The summed E-state index contributed by atoms with van der Waals surface area (Å²) >= 11 is 0. The fourth-order valence-corrected chi connectivity index (χ4v) is 0.977. The second kappa shape index (κ2) is 4.43. The van der Waals surface area contributed by atoms with Gasteiger partial charge in [-0.05, 0) is 19.1 Å². The predicted octanol–water partition coefficient (Wildman–Crippen LogP) is -0.576. The first kappa shape index (κ1) is 11.7. The van der Waals surface area contributed by atoms with Crippen LogP contribution in [0.1, 0.15) is 11.3 Å². The van der Waals surface area contributed by atoms with Crippen molar-refractivity contribution in [2.24, 2.45) is 0 Å². The molecule has 0 aromatic carbocycles. The molecule has 1 aromatic heterocycles. The van der Waals surface area contributed by atoms with E-state index in [9.17, 15) is 19.5 Å². The summed E-state index contributed by atoms with van der Waals surface area (Å²) in [6.07, 6.45) is 1.68. The zero-order valence-electron chi connectivity index (χ0n) is 8.31. The van der Waals surface area contributed by atoms with Gasteiger partial charge in [-0.25, -0.2) is 4.79 Å². The zero-order chi connectivity index (χ0) is 12.3. The molecule has 0 spiro atoms. The van der Waals surface area contributed by atoms with E-state index in [1.165, 1.54) is 6.92 Å². The molecule has 0 radical (unpaired) electrons. The number of ketones is 1. The van der Waals surface area contributed by atoms with E-state index >= 15 is 0 Å². The lowest BCUT2D eigenvalue weighted by Gasteiger charge is -2.09. The van der Waals surface area contributed by atoms with E-state index in [-0.39, 0.29) is 11.3 Å². The van der Waals surface area contributed by atoms with Crippen LogP contribution in [0.2, 0.25) is 0 Å².